The minimum absolute atomic E-state index is 0.306. The van der Waals surface area contributed by atoms with Crippen LogP contribution in [0.5, 0.6) is 0 Å². The first-order valence-corrected chi connectivity index (χ1v) is 5.79. The highest BCUT2D eigenvalue weighted by molar-refractivity contribution is 5.54. The van der Waals surface area contributed by atoms with Gasteiger partial charge >= 0.3 is 0 Å². The van der Waals surface area contributed by atoms with Crippen molar-refractivity contribution in [2.24, 2.45) is 0 Å². The maximum atomic E-state index is 13.6. The summed E-state index contributed by atoms with van der Waals surface area (Å²) >= 11 is 0. The van der Waals surface area contributed by atoms with Crippen molar-refractivity contribution in [2.45, 2.75) is 32.5 Å². The molecule has 4 heteroatoms. The first-order chi connectivity index (χ1) is 7.93. The van der Waals surface area contributed by atoms with Crippen LogP contribution in [-0.4, -0.2) is 29.9 Å². The maximum Gasteiger partial charge on any atom is 0.131 e. The van der Waals surface area contributed by atoms with Gasteiger partial charge in [-0.05, 0) is 32.4 Å². The Morgan fingerprint density at radius 3 is 2.47 bits per heavy atom. The average Bonchev–Trinajstić information content (AvgIpc) is 2.24. The number of halogens is 1. The highest BCUT2D eigenvalue weighted by Crippen LogP contribution is 2.28. The highest BCUT2D eigenvalue weighted by Gasteiger charge is 2.16. The zero-order chi connectivity index (χ0) is 13.0. The van der Waals surface area contributed by atoms with Crippen LogP contribution in [0, 0.1) is 5.82 Å². The summed E-state index contributed by atoms with van der Waals surface area (Å²) in [5.74, 6) is -0.401. The van der Waals surface area contributed by atoms with Gasteiger partial charge in [-0.15, -0.1) is 0 Å². The summed E-state index contributed by atoms with van der Waals surface area (Å²) in [5.41, 5.74) is 0.973. The Hall–Kier alpha value is -1.13. The molecular formula is C13H20FNO2. The van der Waals surface area contributed by atoms with Gasteiger partial charge in [-0.2, -0.15) is 0 Å². The predicted molar refractivity (Wildman–Crippen MR) is 66.6 cm³/mol. The van der Waals surface area contributed by atoms with E-state index in [4.69, 9.17) is 0 Å². The Labute approximate surface area is 101 Å². The maximum absolute atomic E-state index is 13.6. The third-order valence-corrected chi connectivity index (χ3v) is 2.74. The van der Waals surface area contributed by atoms with Gasteiger partial charge in [0.05, 0.1) is 12.2 Å². The van der Waals surface area contributed by atoms with E-state index < -0.39 is 11.9 Å². The van der Waals surface area contributed by atoms with Gasteiger partial charge < -0.3 is 15.1 Å². The number of benzene rings is 1. The highest BCUT2D eigenvalue weighted by atomic mass is 19.1. The molecule has 0 aliphatic heterocycles. The van der Waals surface area contributed by atoms with E-state index in [0.29, 0.717) is 24.2 Å². The minimum atomic E-state index is -0.847. The largest absolute Gasteiger partial charge is 0.393 e. The fourth-order valence-corrected chi connectivity index (χ4v) is 1.77. The van der Waals surface area contributed by atoms with E-state index in [1.165, 1.54) is 6.07 Å². The van der Waals surface area contributed by atoms with Crippen molar-refractivity contribution < 1.29 is 14.6 Å². The summed E-state index contributed by atoms with van der Waals surface area (Å²) in [7, 11) is 1.82. The number of anilines is 1. The van der Waals surface area contributed by atoms with Gasteiger partial charge in [0.1, 0.15) is 5.82 Å². The monoisotopic (exact) mass is 241 g/mol. The Kier molecular flexibility index (Phi) is 4.90. The summed E-state index contributed by atoms with van der Waals surface area (Å²) in [6.45, 7) is 3.88. The van der Waals surface area contributed by atoms with Crippen LogP contribution in [0.4, 0.5) is 10.1 Å². The second kappa shape index (κ2) is 5.98. The molecule has 0 aromatic heterocycles. The number of nitrogens with zero attached hydrogens (tertiary/aromatic N) is 1. The van der Waals surface area contributed by atoms with Crippen LogP contribution in [0.15, 0.2) is 18.2 Å². The van der Waals surface area contributed by atoms with Crippen molar-refractivity contribution in [3.8, 4) is 0 Å². The van der Waals surface area contributed by atoms with Crippen molar-refractivity contribution in [1.82, 2.24) is 0 Å². The summed E-state index contributed by atoms with van der Waals surface area (Å²) in [4.78, 5) is 1.85. The molecule has 1 rings (SSSR count). The zero-order valence-corrected chi connectivity index (χ0v) is 10.5. The topological polar surface area (TPSA) is 43.7 Å². The van der Waals surface area contributed by atoms with Crippen LogP contribution in [-0.2, 0) is 0 Å². The van der Waals surface area contributed by atoms with Crippen LogP contribution >= 0.6 is 0 Å². The van der Waals surface area contributed by atoms with Crippen molar-refractivity contribution in [2.75, 3.05) is 18.5 Å². The van der Waals surface area contributed by atoms with E-state index in [1.807, 2.05) is 11.9 Å². The molecule has 0 aliphatic carbocycles. The number of aliphatic hydroxyl groups excluding tert-OH is 2. The fourth-order valence-electron chi connectivity index (χ4n) is 1.77. The lowest BCUT2D eigenvalue weighted by Gasteiger charge is -2.24. The zero-order valence-electron chi connectivity index (χ0n) is 10.5. The Morgan fingerprint density at radius 2 is 1.94 bits per heavy atom. The van der Waals surface area contributed by atoms with E-state index in [0.717, 1.165) is 0 Å². The Balaban J connectivity index is 2.92. The van der Waals surface area contributed by atoms with E-state index >= 15 is 0 Å². The minimum Gasteiger partial charge on any atom is -0.393 e. The Morgan fingerprint density at radius 1 is 1.29 bits per heavy atom. The van der Waals surface area contributed by atoms with Gasteiger partial charge in [0.25, 0.3) is 0 Å². The smallest absolute Gasteiger partial charge is 0.131 e. The average molecular weight is 241 g/mol. The van der Waals surface area contributed by atoms with Crippen LogP contribution < -0.4 is 4.90 Å². The fraction of sp³-hybridized carbons (Fsp3) is 0.538. The lowest BCUT2D eigenvalue weighted by Crippen LogP contribution is -2.23. The molecule has 17 heavy (non-hydrogen) atoms. The van der Waals surface area contributed by atoms with Gasteiger partial charge in [0, 0.05) is 24.8 Å². The number of rotatable bonds is 5. The molecule has 3 nitrogen and oxygen atoms in total. The molecule has 1 aromatic rings. The number of hydrogen-bond donors (Lipinski definition) is 2. The molecule has 0 bridgehead atoms. The van der Waals surface area contributed by atoms with Crippen molar-refractivity contribution in [3.05, 3.63) is 29.6 Å². The molecule has 0 radical (unpaired) electrons. The SMILES string of the molecule is CC(O)CCN(C)c1cccc(F)c1[C@@H](C)O. The molecule has 2 N–H and O–H groups in total. The van der Waals surface area contributed by atoms with Gasteiger partial charge in [-0.1, -0.05) is 6.07 Å². The lowest BCUT2D eigenvalue weighted by molar-refractivity contribution is 0.186. The van der Waals surface area contributed by atoms with Crippen LogP contribution in [0.25, 0.3) is 0 Å². The van der Waals surface area contributed by atoms with Crippen LogP contribution in [0.1, 0.15) is 31.9 Å². The van der Waals surface area contributed by atoms with E-state index in [2.05, 4.69) is 0 Å². The molecule has 0 heterocycles. The second-order valence-electron chi connectivity index (χ2n) is 4.41. The van der Waals surface area contributed by atoms with E-state index in [-0.39, 0.29) is 6.10 Å². The van der Waals surface area contributed by atoms with Gasteiger partial charge in [-0.3, -0.25) is 0 Å². The van der Waals surface area contributed by atoms with E-state index in [1.54, 1.807) is 26.0 Å². The van der Waals surface area contributed by atoms with Crippen molar-refractivity contribution in [3.63, 3.8) is 0 Å². The molecule has 0 amide bonds. The van der Waals surface area contributed by atoms with Gasteiger partial charge in [0.15, 0.2) is 0 Å². The predicted octanol–water partition coefficient (Wildman–Crippen LogP) is 2.09. The molecule has 0 spiro atoms. The number of hydrogen-bond acceptors (Lipinski definition) is 3. The quantitative estimate of drug-likeness (QED) is 0.829. The lowest BCUT2D eigenvalue weighted by atomic mass is 10.1. The summed E-state index contributed by atoms with van der Waals surface area (Å²) in [6, 6.07) is 4.73. The standard InChI is InChI=1S/C13H20FNO2/c1-9(16)7-8-15(3)12-6-4-5-11(14)13(12)10(2)17/h4-6,9-10,16-17H,7-8H2,1-3H3/t9?,10-/m1/s1. The Bertz CT molecular complexity index is 366. The third-order valence-electron chi connectivity index (χ3n) is 2.74. The van der Waals surface area contributed by atoms with Crippen LogP contribution in [0.2, 0.25) is 0 Å². The first-order valence-electron chi connectivity index (χ1n) is 5.79. The molecular weight excluding hydrogens is 221 g/mol. The summed E-state index contributed by atoms with van der Waals surface area (Å²) in [6.07, 6.45) is -0.632. The summed E-state index contributed by atoms with van der Waals surface area (Å²) in [5, 5.41) is 18.8. The van der Waals surface area contributed by atoms with Crippen molar-refractivity contribution >= 4 is 5.69 Å². The van der Waals surface area contributed by atoms with E-state index in [9.17, 15) is 14.6 Å². The molecule has 0 aliphatic rings. The number of aliphatic hydroxyl groups is 2. The normalized spacial score (nSPS) is 14.5. The molecule has 1 unspecified atom stereocenters. The first kappa shape index (κ1) is 13.9. The molecule has 1 aromatic carbocycles. The van der Waals surface area contributed by atoms with Crippen LogP contribution in [0.3, 0.4) is 0 Å². The third kappa shape index (κ3) is 3.68. The molecule has 0 saturated carbocycles. The van der Waals surface area contributed by atoms with Gasteiger partial charge in [-0.25, -0.2) is 4.39 Å². The summed E-state index contributed by atoms with van der Waals surface area (Å²) < 4.78 is 13.6. The molecule has 96 valence electrons. The second-order valence-corrected chi connectivity index (χ2v) is 4.41. The molecule has 0 fully saturated rings. The molecule has 2 atom stereocenters. The van der Waals surface area contributed by atoms with Gasteiger partial charge in [0.2, 0.25) is 0 Å². The molecule has 0 saturated heterocycles. The van der Waals surface area contributed by atoms with Crippen molar-refractivity contribution in [1.29, 1.82) is 0 Å².